The van der Waals surface area contributed by atoms with Gasteiger partial charge < -0.3 is 5.32 Å². The number of nitrogens with one attached hydrogen (secondary N) is 1. The minimum absolute atomic E-state index is 0.0833. The van der Waals surface area contributed by atoms with Crippen LogP contribution in [0.15, 0.2) is 23.6 Å². The number of anilines is 1. The zero-order valence-corrected chi connectivity index (χ0v) is 16.8. The molecule has 2 heterocycles. The molecule has 1 aromatic heterocycles. The normalized spacial score (nSPS) is 16.6. The molecule has 6 nitrogen and oxygen atoms in total. The summed E-state index contributed by atoms with van der Waals surface area (Å²) in [4.78, 5) is 17.0. The summed E-state index contributed by atoms with van der Waals surface area (Å²) in [6, 6.07) is 6.23. The van der Waals surface area contributed by atoms with Gasteiger partial charge in [0.1, 0.15) is 0 Å². The van der Waals surface area contributed by atoms with Gasteiger partial charge >= 0.3 is 0 Å². The van der Waals surface area contributed by atoms with Gasteiger partial charge in [0, 0.05) is 30.0 Å². The van der Waals surface area contributed by atoms with E-state index in [4.69, 9.17) is 0 Å². The van der Waals surface area contributed by atoms with Crippen LogP contribution in [-0.4, -0.2) is 43.0 Å². The van der Waals surface area contributed by atoms with E-state index in [2.05, 4.69) is 28.5 Å². The van der Waals surface area contributed by atoms with Crippen LogP contribution in [0.5, 0.6) is 0 Å². The Labute approximate surface area is 158 Å². The van der Waals surface area contributed by atoms with Crippen LogP contribution in [0.2, 0.25) is 0 Å². The third-order valence-electron chi connectivity index (χ3n) is 4.70. The van der Waals surface area contributed by atoms with Crippen LogP contribution < -0.4 is 5.32 Å². The van der Waals surface area contributed by atoms with Gasteiger partial charge in [-0.2, -0.15) is 0 Å². The predicted octanol–water partition coefficient (Wildman–Crippen LogP) is 3.04. The molecule has 0 bridgehead atoms. The topological polar surface area (TPSA) is 79.4 Å². The van der Waals surface area contributed by atoms with Gasteiger partial charge in [-0.25, -0.2) is 17.7 Å². The Kier molecular flexibility index (Phi) is 5.45. The molecule has 1 aliphatic rings. The number of amides is 1. The minimum atomic E-state index is -3.18. The van der Waals surface area contributed by atoms with Crippen LogP contribution in [-0.2, 0) is 14.8 Å². The van der Waals surface area contributed by atoms with E-state index in [0.717, 1.165) is 16.8 Å². The van der Waals surface area contributed by atoms with Crippen molar-refractivity contribution >= 4 is 32.4 Å². The standard InChI is InChI=1S/C18H23N3O3S2/c1-12-4-5-13(2)15(10-12)16-11-25-18(19-16)20-17(22)14-6-8-21(9-7-14)26(3,23)24/h4-5,10-11,14H,6-9H2,1-3H3,(H,19,20,22). The van der Waals surface area contributed by atoms with Crippen LogP contribution in [0.3, 0.4) is 0 Å². The Hall–Kier alpha value is -1.77. The first-order chi connectivity index (χ1) is 12.2. The molecule has 1 aliphatic heterocycles. The molecule has 0 spiro atoms. The Morgan fingerprint density at radius 3 is 2.62 bits per heavy atom. The van der Waals surface area contributed by atoms with Crippen LogP contribution in [0.25, 0.3) is 11.3 Å². The highest BCUT2D eigenvalue weighted by molar-refractivity contribution is 7.88. The van der Waals surface area contributed by atoms with Crippen molar-refractivity contribution in [2.45, 2.75) is 26.7 Å². The summed E-state index contributed by atoms with van der Waals surface area (Å²) in [7, 11) is -3.18. The Morgan fingerprint density at radius 2 is 1.96 bits per heavy atom. The number of carbonyl (C=O) groups is 1. The summed E-state index contributed by atoms with van der Waals surface area (Å²) < 4.78 is 24.5. The van der Waals surface area contributed by atoms with Gasteiger partial charge in [0.25, 0.3) is 0 Å². The first kappa shape index (κ1) is 19.0. The maximum atomic E-state index is 12.5. The highest BCUT2D eigenvalue weighted by atomic mass is 32.2. The number of hydrogen-bond acceptors (Lipinski definition) is 5. The number of rotatable bonds is 4. The molecule has 1 N–H and O–H groups in total. The highest BCUT2D eigenvalue weighted by Crippen LogP contribution is 2.29. The fourth-order valence-electron chi connectivity index (χ4n) is 3.12. The molecule has 1 aromatic carbocycles. The summed E-state index contributed by atoms with van der Waals surface area (Å²) in [6.07, 6.45) is 2.28. The third kappa shape index (κ3) is 4.31. The Balaban J connectivity index is 1.64. The monoisotopic (exact) mass is 393 g/mol. The molecule has 1 amide bonds. The van der Waals surface area contributed by atoms with E-state index in [-0.39, 0.29) is 11.8 Å². The van der Waals surface area contributed by atoms with Crippen molar-refractivity contribution in [2.24, 2.45) is 5.92 Å². The van der Waals surface area contributed by atoms with E-state index in [0.29, 0.717) is 31.1 Å². The van der Waals surface area contributed by atoms with E-state index in [1.165, 1.54) is 27.5 Å². The number of piperidine rings is 1. The molecular weight excluding hydrogens is 370 g/mol. The molecule has 8 heteroatoms. The number of benzene rings is 1. The number of hydrogen-bond donors (Lipinski definition) is 1. The first-order valence-electron chi connectivity index (χ1n) is 8.53. The number of aryl methyl sites for hydroxylation is 2. The number of sulfonamides is 1. The highest BCUT2D eigenvalue weighted by Gasteiger charge is 2.29. The van der Waals surface area contributed by atoms with Crippen molar-refractivity contribution in [2.75, 3.05) is 24.7 Å². The summed E-state index contributed by atoms with van der Waals surface area (Å²) in [5.74, 6) is -0.263. The fourth-order valence-corrected chi connectivity index (χ4v) is 4.71. The minimum Gasteiger partial charge on any atom is -0.302 e. The molecule has 0 aliphatic carbocycles. The van der Waals surface area contributed by atoms with Crippen molar-refractivity contribution in [1.82, 2.24) is 9.29 Å². The molecule has 0 radical (unpaired) electrons. The molecule has 2 aromatic rings. The van der Waals surface area contributed by atoms with Crippen molar-refractivity contribution in [3.05, 3.63) is 34.7 Å². The van der Waals surface area contributed by atoms with Crippen molar-refractivity contribution in [3.8, 4) is 11.3 Å². The largest absolute Gasteiger partial charge is 0.302 e. The van der Waals surface area contributed by atoms with Gasteiger partial charge in [0.2, 0.25) is 15.9 Å². The summed E-state index contributed by atoms with van der Waals surface area (Å²) in [6.45, 7) is 4.87. The van der Waals surface area contributed by atoms with E-state index < -0.39 is 10.0 Å². The maximum Gasteiger partial charge on any atom is 0.229 e. The van der Waals surface area contributed by atoms with E-state index >= 15 is 0 Å². The lowest BCUT2D eigenvalue weighted by Crippen LogP contribution is -2.40. The van der Waals surface area contributed by atoms with Gasteiger partial charge in [0.05, 0.1) is 11.9 Å². The third-order valence-corrected chi connectivity index (χ3v) is 6.76. The number of nitrogens with zero attached hydrogens (tertiary/aromatic N) is 2. The van der Waals surface area contributed by atoms with Crippen molar-refractivity contribution in [1.29, 1.82) is 0 Å². The van der Waals surface area contributed by atoms with Gasteiger partial charge in [-0.1, -0.05) is 17.7 Å². The molecule has 1 fully saturated rings. The molecule has 3 rings (SSSR count). The second-order valence-corrected chi connectivity index (χ2v) is 9.62. The van der Waals surface area contributed by atoms with Crippen molar-refractivity contribution in [3.63, 3.8) is 0 Å². The number of aromatic nitrogens is 1. The average molecular weight is 394 g/mol. The van der Waals surface area contributed by atoms with Crippen molar-refractivity contribution < 1.29 is 13.2 Å². The molecule has 1 saturated heterocycles. The first-order valence-corrected chi connectivity index (χ1v) is 11.3. The second-order valence-electron chi connectivity index (χ2n) is 6.78. The smallest absolute Gasteiger partial charge is 0.229 e. The van der Waals surface area contributed by atoms with E-state index in [1.54, 1.807) is 0 Å². The lowest BCUT2D eigenvalue weighted by atomic mass is 9.97. The number of carbonyl (C=O) groups excluding carboxylic acids is 1. The van der Waals surface area contributed by atoms with Crippen LogP contribution >= 0.6 is 11.3 Å². The van der Waals surface area contributed by atoms with Crippen LogP contribution in [0.1, 0.15) is 24.0 Å². The van der Waals surface area contributed by atoms with Gasteiger partial charge in [-0.15, -0.1) is 11.3 Å². The molecule has 0 saturated carbocycles. The SMILES string of the molecule is Cc1ccc(C)c(-c2csc(NC(=O)C3CCN(S(C)(=O)=O)CC3)n2)c1. The zero-order valence-electron chi connectivity index (χ0n) is 15.2. The van der Waals surface area contributed by atoms with Crippen LogP contribution in [0, 0.1) is 19.8 Å². The number of thiazole rings is 1. The molecule has 0 atom stereocenters. The average Bonchev–Trinajstić information content (AvgIpc) is 3.04. The van der Waals surface area contributed by atoms with Gasteiger partial charge in [-0.3, -0.25) is 4.79 Å². The maximum absolute atomic E-state index is 12.5. The summed E-state index contributed by atoms with van der Waals surface area (Å²) >= 11 is 1.41. The van der Waals surface area contributed by atoms with Gasteiger partial charge in [0.15, 0.2) is 5.13 Å². The lowest BCUT2D eigenvalue weighted by Gasteiger charge is -2.29. The molecule has 140 valence electrons. The fraction of sp³-hybridized carbons (Fsp3) is 0.444. The molecule has 0 unspecified atom stereocenters. The zero-order chi connectivity index (χ0) is 18.9. The van der Waals surface area contributed by atoms with Gasteiger partial charge in [-0.05, 0) is 38.3 Å². The summed E-state index contributed by atoms with van der Waals surface area (Å²) in [5.41, 5.74) is 4.25. The quantitative estimate of drug-likeness (QED) is 0.866. The Morgan fingerprint density at radius 1 is 1.27 bits per heavy atom. The second kappa shape index (κ2) is 7.46. The molecular formula is C18H23N3O3S2. The van der Waals surface area contributed by atoms with Crippen LogP contribution in [0.4, 0.5) is 5.13 Å². The van der Waals surface area contributed by atoms with E-state index in [1.807, 2.05) is 19.2 Å². The Bertz CT molecular complexity index is 914. The lowest BCUT2D eigenvalue weighted by molar-refractivity contribution is -0.120. The predicted molar refractivity (Wildman–Crippen MR) is 105 cm³/mol. The molecule has 26 heavy (non-hydrogen) atoms. The summed E-state index contributed by atoms with van der Waals surface area (Å²) in [5, 5.41) is 5.42. The van der Waals surface area contributed by atoms with E-state index in [9.17, 15) is 13.2 Å².